The van der Waals surface area contributed by atoms with E-state index in [2.05, 4.69) is 26.1 Å². The zero-order valence-electron chi connectivity index (χ0n) is 20.5. The van der Waals surface area contributed by atoms with Gasteiger partial charge in [0.25, 0.3) is 11.8 Å². The summed E-state index contributed by atoms with van der Waals surface area (Å²) in [6, 6.07) is 13.4. The molecule has 0 bridgehead atoms. The predicted molar refractivity (Wildman–Crippen MR) is 132 cm³/mol. The van der Waals surface area contributed by atoms with Crippen LogP contribution in [0.4, 0.5) is 4.39 Å². The molecule has 34 heavy (non-hydrogen) atoms. The topological polar surface area (TPSA) is 61.8 Å². The summed E-state index contributed by atoms with van der Waals surface area (Å²) < 4.78 is 13.5. The Kier molecular flexibility index (Phi) is 6.61. The van der Waals surface area contributed by atoms with Crippen LogP contribution in [0.3, 0.4) is 0 Å². The molecular formula is C28H34FN3O2. The minimum Gasteiger partial charge on any atom is -0.352 e. The van der Waals surface area contributed by atoms with E-state index in [1.807, 2.05) is 24.0 Å². The maximum atomic E-state index is 13.6. The molecule has 4 rings (SSSR count). The molecule has 6 heteroatoms. The van der Waals surface area contributed by atoms with Gasteiger partial charge in [-0.3, -0.25) is 14.6 Å². The number of amides is 2. The Hall–Kier alpha value is -3.02. The Balaban J connectivity index is 1.62. The molecule has 0 radical (unpaired) electrons. The Bertz CT molecular complexity index is 1080. The monoisotopic (exact) mass is 463 g/mol. The first-order valence-corrected chi connectivity index (χ1v) is 12.2. The number of halogens is 1. The van der Waals surface area contributed by atoms with Crippen LogP contribution in [0.2, 0.25) is 0 Å². The van der Waals surface area contributed by atoms with Gasteiger partial charge in [0.15, 0.2) is 0 Å². The summed E-state index contributed by atoms with van der Waals surface area (Å²) in [5.74, 6) is 0.0228. The summed E-state index contributed by atoms with van der Waals surface area (Å²) in [6.07, 6.45) is 3.62. The highest BCUT2D eigenvalue weighted by Gasteiger charge is 2.50. The number of hydrogen-bond acceptors (Lipinski definition) is 3. The predicted octanol–water partition coefficient (Wildman–Crippen LogP) is 5.34. The van der Waals surface area contributed by atoms with E-state index in [9.17, 15) is 14.0 Å². The van der Waals surface area contributed by atoms with Crippen molar-refractivity contribution in [2.24, 2.45) is 16.3 Å². The highest BCUT2D eigenvalue weighted by atomic mass is 19.1. The molecule has 1 saturated carbocycles. The van der Waals surface area contributed by atoms with Crippen LogP contribution in [0.5, 0.6) is 0 Å². The van der Waals surface area contributed by atoms with Crippen molar-refractivity contribution in [1.82, 2.24) is 10.2 Å². The second-order valence-corrected chi connectivity index (χ2v) is 10.5. The second kappa shape index (κ2) is 9.32. The SMILES string of the molecule is CCNC(=O)c1ccc(CN2C(=O)C(c3ccc(F)cc3)=NC23CCC(C(C)(C)C)CC3)cc1. The van der Waals surface area contributed by atoms with Gasteiger partial charge in [0, 0.05) is 24.2 Å². The highest BCUT2D eigenvalue weighted by Crippen LogP contribution is 2.47. The van der Waals surface area contributed by atoms with Crippen LogP contribution in [0.1, 0.15) is 74.9 Å². The largest absolute Gasteiger partial charge is 0.352 e. The summed E-state index contributed by atoms with van der Waals surface area (Å²) in [5.41, 5.74) is 2.25. The number of nitrogens with zero attached hydrogens (tertiary/aromatic N) is 2. The maximum absolute atomic E-state index is 13.6. The van der Waals surface area contributed by atoms with Crippen LogP contribution < -0.4 is 5.32 Å². The normalized spacial score (nSPS) is 22.7. The van der Waals surface area contributed by atoms with Gasteiger partial charge in [-0.25, -0.2) is 4.39 Å². The van der Waals surface area contributed by atoms with Gasteiger partial charge in [-0.05, 0) is 85.9 Å². The van der Waals surface area contributed by atoms with Crippen LogP contribution in [0.25, 0.3) is 0 Å². The van der Waals surface area contributed by atoms with Crippen LogP contribution in [0.15, 0.2) is 53.5 Å². The van der Waals surface area contributed by atoms with Crippen LogP contribution in [-0.4, -0.2) is 34.6 Å². The minimum absolute atomic E-state index is 0.106. The van der Waals surface area contributed by atoms with Crippen LogP contribution >= 0.6 is 0 Å². The third-order valence-electron chi connectivity index (χ3n) is 7.29. The van der Waals surface area contributed by atoms with Crippen LogP contribution in [0, 0.1) is 17.2 Å². The Morgan fingerprint density at radius 3 is 2.26 bits per heavy atom. The smallest absolute Gasteiger partial charge is 0.274 e. The first-order chi connectivity index (χ1) is 16.1. The minimum atomic E-state index is -0.583. The van der Waals surface area contributed by atoms with Gasteiger partial charge >= 0.3 is 0 Å². The van der Waals surface area contributed by atoms with Crippen LogP contribution in [-0.2, 0) is 11.3 Å². The summed E-state index contributed by atoms with van der Waals surface area (Å²) in [7, 11) is 0. The van der Waals surface area contributed by atoms with E-state index in [1.165, 1.54) is 12.1 Å². The van der Waals surface area contributed by atoms with Gasteiger partial charge in [-0.2, -0.15) is 0 Å². The van der Waals surface area contributed by atoms with E-state index < -0.39 is 5.66 Å². The Morgan fingerprint density at radius 1 is 1.09 bits per heavy atom. The molecule has 0 saturated heterocycles. The average Bonchev–Trinajstić information content (AvgIpc) is 3.06. The van der Waals surface area contributed by atoms with Crippen molar-refractivity contribution < 1.29 is 14.0 Å². The Morgan fingerprint density at radius 2 is 1.71 bits per heavy atom. The lowest BCUT2D eigenvalue weighted by molar-refractivity contribution is -0.130. The molecule has 0 atom stereocenters. The zero-order chi connectivity index (χ0) is 24.5. The maximum Gasteiger partial charge on any atom is 0.274 e. The molecule has 1 aliphatic carbocycles. The lowest BCUT2D eigenvalue weighted by Gasteiger charge is -2.44. The van der Waals surface area contributed by atoms with Crippen molar-refractivity contribution in [3.63, 3.8) is 0 Å². The average molecular weight is 464 g/mol. The molecule has 2 amide bonds. The van der Waals surface area contributed by atoms with Gasteiger partial charge in [-0.1, -0.05) is 32.9 Å². The molecule has 2 aliphatic rings. The number of carbonyl (C=O) groups excluding carboxylic acids is 2. The molecule has 1 spiro atoms. The molecule has 2 aromatic rings. The number of nitrogens with one attached hydrogen (secondary N) is 1. The first kappa shape index (κ1) is 24.1. The highest BCUT2D eigenvalue weighted by molar-refractivity contribution is 6.46. The number of rotatable bonds is 5. The lowest BCUT2D eigenvalue weighted by Crippen LogP contribution is -2.49. The summed E-state index contributed by atoms with van der Waals surface area (Å²) in [6.45, 7) is 9.70. The van der Waals surface area contributed by atoms with E-state index in [0.29, 0.717) is 35.8 Å². The quantitative estimate of drug-likeness (QED) is 0.651. The molecule has 0 unspecified atom stereocenters. The van der Waals surface area contributed by atoms with Crippen molar-refractivity contribution in [3.8, 4) is 0 Å². The van der Waals surface area contributed by atoms with E-state index in [0.717, 1.165) is 31.2 Å². The second-order valence-electron chi connectivity index (χ2n) is 10.5. The molecular weight excluding hydrogens is 429 g/mol. The van der Waals surface area contributed by atoms with E-state index >= 15 is 0 Å². The fraction of sp³-hybridized carbons (Fsp3) is 0.464. The molecule has 1 N–H and O–H groups in total. The molecule has 1 aliphatic heterocycles. The van der Waals surface area contributed by atoms with E-state index in [4.69, 9.17) is 4.99 Å². The third-order valence-corrected chi connectivity index (χ3v) is 7.29. The fourth-order valence-electron chi connectivity index (χ4n) is 5.18. The fourth-order valence-corrected chi connectivity index (χ4v) is 5.18. The molecule has 5 nitrogen and oxygen atoms in total. The van der Waals surface area contributed by atoms with Crippen molar-refractivity contribution in [2.45, 2.75) is 65.6 Å². The van der Waals surface area contributed by atoms with Crippen molar-refractivity contribution in [3.05, 3.63) is 71.0 Å². The standard InChI is InChI=1S/C28H34FN3O2/c1-5-30-25(33)21-8-6-19(7-9-21)18-32-26(34)24(20-10-12-23(29)13-11-20)31-28(32)16-14-22(15-17-28)27(2,3)4/h6-13,22H,5,14-18H2,1-4H3,(H,30,33). The molecule has 180 valence electrons. The summed E-state index contributed by atoms with van der Waals surface area (Å²) in [4.78, 5) is 32.7. The van der Waals surface area contributed by atoms with Crippen molar-refractivity contribution >= 4 is 17.5 Å². The Labute approximate surface area is 201 Å². The summed E-state index contributed by atoms with van der Waals surface area (Å²) >= 11 is 0. The molecule has 1 heterocycles. The van der Waals surface area contributed by atoms with Gasteiger partial charge in [0.1, 0.15) is 17.2 Å². The van der Waals surface area contributed by atoms with Gasteiger partial charge in [0.05, 0.1) is 0 Å². The van der Waals surface area contributed by atoms with Crippen molar-refractivity contribution in [2.75, 3.05) is 6.54 Å². The van der Waals surface area contributed by atoms with Gasteiger partial charge < -0.3 is 10.2 Å². The number of benzene rings is 2. The van der Waals surface area contributed by atoms with Gasteiger partial charge in [0.2, 0.25) is 0 Å². The molecule has 1 fully saturated rings. The molecule has 0 aromatic heterocycles. The van der Waals surface area contributed by atoms with E-state index in [-0.39, 0.29) is 23.0 Å². The zero-order valence-corrected chi connectivity index (χ0v) is 20.5. The number of carbonyl (C=O) groups is 2. The van der Waals surface area contributed by atoms with Crippen molar-refractivity contribution in [1.29, 1.82) is 0 Å². The number of hydrogen-bond donors (Lipinski definition) is 1. The summed E-state index contributed by atoms with van der Waals surface area (Å²) in [5, 5.41) is 2.80. The lowest BCUT2D eigenvalue weighted by atomic mass is 9.69. The number of aliphatic imine (C=N–C) groups is 1. The molecule has 2 aromatic carbocycles. The van der Waals surface area contributed by atoms with Gasteiger partial charge in [-0.15, -0.1) is 0 Å². The third kappa shape index (κ3) is 4.77. The first-order valence-electron chi connectivity index (χ1n) is 12.2. The van der Waals surface area contributed by atoms with E-state index in [1.54, 1.807) is 24.3 Å².